The highest BCUT2D eigenvalue weighted by Gasteiger charge is 2.10. The van der Waals surface area contributed by atoms with Gasteiger partial charge >= 0.3 is 0 Å². The molecular weight excluding hydrogens is 174 g/mol. The molecule has 1 unspecified atom stereocenters. The molecule has 0 aromatic carbocycles. The van der Waals surface area contributed by atoms with Crippen molar-refractivity contribution >= 4 is 0 Å². The maximum atomic E-state index is 5.19. The van der Waals surface area contributed by atoms with Crippen molar-refractivity contribution in [3.05, 3.63) is 24.3 Å². The topological polar surface area (TPSA) is 37.8 Å². The molecule has 0 saturated carbocycles. The Labute approximate surface area is 85.0 Å². The van der Waals surface area contributed by atoms with Gasteiger partial charge < -0.3 is 5.32 Å². The summed E-state index contributed by atoms with van der Waals surface area (Å²) in [6.07, 6.45) is 11.5. The SMILES string of the molecule is C#CCCCC(NC)c1ncccn1. The van der Waals surface area contributed by atoms with Crippen LogP contribution in [0.15, 0.2) is 18.5 Å². The first-order valence-corrected chi connectivity index (χ1v) is 4.76. The number of hydrogen-bond donors (Lipinski definition) is 1. The zero-order valence-electron chi connectivity index (χ0n) is 8.40. The van der Waals surface area contributed by atoms with Gasteiger partial charge in [0.05, 0.1) is 6.04 Å². The monoisotopic (exact) mass is 189 g/mol. The molecular formula is C11H15N3. The molecule has 0 saturated heterocycles. The Morgan fingerprint density at radius 3 is 2.79 bits per heavy atom. The van der Waals surface area contributed by atoms with Crippen molar-refractivity contribution in [1.29, 1.82) is 0 Å². The molecule has 0 amide bonds. The Morgan fingerprint density at radius 2 is 2.21 bits per heavy atom. The highest BCUT2D eigenvalue weighted by molar-refractivity contribution is 4.96. The number of terminal acetylenes is 1. The third-order valence-corrected chi connectivity index (χ3v) is 2.06. The lowest BCUT2D eigenvalue weighted by Gasteiger charge is -2.13. The third-order valence-electron chi connectivity index (χ3n) is 2.06. The molecule has 0 bridgehead atoms. The van der Waals surface area contributed by atoms with E-state index >= 15 is 0 Å². The van der Waals surface area contributed by atoms with Crippen LogP contribution in [0.1, 0.15) is 31.1 Å². The minimum Gasteiger partial charge on any atom is -0.310 e. The van der Waals surface area contributed by atoms with Crippen molar-refractivity contribution in [2.75, 3.05) is 7.05 Å². The molecule has 0 fully saturated rings. The van der Waals surface area contributed by atoms with Gasteiger partial charge in [-0.25, -0.2) is 9.97 Å². The van der Waals surface area contributed by atoms with Gasteiger partial charge in [0.25, 0.3) is 0 Å². The molecule has 0 aliphatic carbocycles. The highest BCUT2D eigenvalue weighted by atomic mass is 15.0. The van der Waals surface area contributed by atoms with E-state index in [-0.39, 0.29) is 6.04 Å². The van der Waals surface area contributed by atoms with Crippen LogP contribution in [0.3, 0.4) is 0 Å². The largest absolute Gasteiger partial charge is 0.310 e. The van der Waals surface area contributed by atoms with Gasteiger partial charge in [0.15, 0.2) is 0 Å². The van der Waals surface area contributed by atoms with Gasteiger partial charge in [0.2, 0.25) is 0 Å². The van der Waals surface area contributed by atoms with E-state index in [1.54, 1.807) is 12.4 Å². The second-order valence-electron chi connectivity index (χ2n) is 3.04. The minimum absolute atomic E-state index is 0.213. The third kappa shape index (κ3) is 3.15. The molecule has 74 valence electrons. The smallest absolute Gasteiger partial charge is 0.145 e. The van der Waals surface area contributed by atoms with E-state index in [4.69, 9.17) is 6.42 Å². The van der Waals surface area contributed by atoms with Crippen LogP contribution in [0.2, 0.25) is 0 Å². The fraction of sp³-hybridized carbons (Fsp3) is 0.455. The number of aromatic nitrogens is 2. The van der Waals surface area contributed by atoms with Gasteiger partial charge in [0.1, 0.15) is 5.82 Å². The molecule has 1 aromatic rings. The van der Waals surface area contributed by atoms with Crippen LogP contribution in [-0.2, 0) is 0 Å². The summed E-state index contributed by atoms with van der Waals surface area (Å²) in [6.45, 7) is 0. The van der Waals surface area contributed by atoms with Crippen LogP contribution in [0.4, 0.5) is 0 Å². The molecule has 0 aliphatic heterocycles. The van der Waals surface area contributed by atoms with Gasteiger partial charge in [-0.1, -0.05) is 0 Å². The van der Waals surface area contributed by atoms with E-state index in [0.717, 1.165) is 25.1 Å². The summed E-state index contributed by atoms with van der Waals surface area (Å²) in [5, 5.41) is 3.18. The number of nitrogens with one attached hydrogen (secondary N) is 1. The molecule has 1 atom stereocenters. The summed E-state index contributed by atoms with van der Waals surface area (Å²) in [5.74, 6) is 3.47. The summed E-state index contributed by atoms with van der Waals surface area (Å²) < 4.78 is 0. The Morgan fingerprint density at radius 1 is 1.50 bits per heavy atom. The van der Waals surface area contributed by atoms with E-state index < -0.39 is 0 Å². The fourth-order valence-electron chi connectivity index (χ4n) is 1.30. The van der Waals surface area contributed by atoms with Crippen molar-refractivity contribution in [1.82, 2.24) is 15.3 Å². The Bertz CT molecular complexity index is 289. The van der Waals surface area contributed by atoms with Crippen LogP contribution in [-0.4, -0.2) is 17.0 Å². The summed E-state index contributed by atoms with van der Waals surface area (Å²) in [6, 6.07) is 2.03. The van der Waals surface area contributed by atoms with Crippen molar-refractivity contribution in [3.63, 3.8) is 0 Å². The van der Waals surface area contributed by atoms with Crippen molar-refractivity contribution in [2.45, 2.75) is 25.3 Å². The molecule has 14 heavy (non-hydrogen) atoms. The molecule has 0 spiro atoms. The van der Waals surface area contributed by atoms with Crippen LogP contribution < -0.4 is 5.32 Å². The van der Waals surface area contributed by atoms with Crippen LogP contribution in [0.5, 0.6) is 0 Å². The van der Waals surface area contributed by atoms with Gasteiger partial charge in [-0.05, 0) is 26.0 Å². The first-order valence-electron chi connectivity index (χ1n) is 4.76. The second kappa shape index (κ2) is 6.11. The molecule has 3 nitrogen and oxygen atoms in total. The van der Waals surface area contributed by atoms with Gasteiger partial charge in [-0.15, -0.1) is 12.3 Å². The average molecular weight is 189 g/mol. The normalized spacial score (nSPS) is 12.0. The minimum atomic E-state index is 0.213. The van der Waals surface area contributed by atoms with Crippen LogP contribution in [0, 0.1) is 12.3 Å². The molecule has 1 rings (SSSR count). The Balaban J connectivity index is 2.51. The summed E-state index contributed by atoms with van der Waals surface area (Å²) in [5.41, 5.74) is 0. The molecule has 1 aromatic heterocycles. The van der Waals surface area contributed by atoms with Crippen LogP contribution >= 0.6 is 0 Å². The van der Waals surface area contributed by atoms with Gasteiger partial charge in [-0.3, -0.25) is 0 Å². The van der Waals surface area contributed by atoms with Crippen molar-refractivity contribution in [2.24, 2.45) is 0 Å². The Kier molecular flexibility index (Phi) is 4.66. The summed E-state index contributed by atoms with van der Waals surface area (Å²) in [7, 11) is 1.91. The van der Waals surface area contributed by atoms with E-state index in [0.29, 0.717) is 0 Å². The van der Waals surface area contributed by atoms with E-state index in [9.17, 15) is 0 Å². The van der Waals surface area contributed by atoms with E-state index in [2.05, 4.69) is 21.2 Å². The average Bonchev–Trinajstić information content (AvgIpc) is 2.26. The maximum absolute atomic E-state index is 5.19. The number of rotatable bonds is 5. The summed E-state index contributed by atoms with van der Waals surface area (Å²) in [4.78, 5) is 8.41. The second-order valence-corrected chi connectivity index (χ2v) is 3.04. The molecule has 3 heteroatoms. The zero-order chi connectivity index (χ0) is 10.2. The lowest BCUT2D eigenvalue weighted by atomic mass is 10.1. The first kappa shape index (κ1) is 10.7. The van der Waals surface area contributed by atoms with Crippen LogP contribution in [0.25, 0.3) is 0 Å². The van der Waals surface area contributed by atoms with Gasteiger partial charge in [0, 0.05) is 18.8 Å². The highest BCUT2D eigenvalue weighted by Crippen LogP contribution is 2.13. The predicted octanol–water partition coefficient (Wildman–Crippen LogP) is 1.54. The van der Waals surface area contributed by atoms with E-state index in [1.807, 2.05) is 13.1 Å². The quantitative estimate of drug-likeness (QED) is 0.564. The number of hydrogen-bond acceptors (Lipinski definition) is 3. The number of nitrogens with zero attached hydrogens (tertiary/aromatic N) is 2. The first-order chi connectivity index (χ1) is 6.88. The van der Waals surface area contributed by atoms with Gasteiger partial charge in [-0.2, -0.15) is 0 Å². The standard InChI is InChI=1S/C11H15N3/c1-3-4-5-7-10(12-2)11-13-8-6-9-14-11/h1,6,8-10,12H,4-5,7H2,2H3. The molecule has 1 N–H and O–H groups in total. The maximum Gasteiger partial charge on any atom is 0.145 e. The number of unbranched alkanes of at least 4 members (excludes halogenated alkanes) is 1. The lowest BCUT2D eigenvalue weighted by molar-refractivity contribution is 0.505. The van der Waals surface area contributed by atoms with Crippen molar-refractivity contribution < 1.29 is 0 Å². The molecule has 1 heterocycles. The lowest BCUT2D eigenvalue weighted by Crippen LogP contribution is -2.18. The molecule has 0 radical (unpaired) electrons. The Hall–Kier alpha value is -1.40. The predicted molar refractivity (Wildman–Crippen MR) is 56.5 cm³/mol. The zero-order valence-corrected chi connectivity index (χ0v) is 8.40. The summed E-state index contributed by atoms with van der Waals surface area (Å²) >= 11 is 0. The molecule has 0 aliphatic rings. The van der Waals surface area contributed by atoms with E-state index in [1.165, 1.54) is 0 Å². The van der Waals surface area contributed by atoms with Crippen molar-refractivity contribution in [3.8, 4) is 12.3 Å². The fourth-order valence-corrected chi connectivity index (χ4v) is 1.30.